The van der Waals surface area contributed by atoms with Crippen molar-refractivity contribution in [3.63, 3.8) is 0 Å². The Morgan fingerprint density at radius 2 is 1.95 bits per heavy atom. The number of pyridine rings is 1. The van der Waals surface area contributed by atoms with Gasteiger partial charge in [0.1, 0.15) is 11.6 Å². The molecule has 6 rings (SSSR count). The topological polar surface area (TPSA) is 100 Å². The quantitative estimate of drug-likeness (QED) is 0.462. The van der Waals surface area contributed by atoms with Crippen molar-refractivity contribution in [1.82, 2.24) is 24.6 Å². The molecule has 3 aromatic rings. The van der Waals surface area contributed by atoms with E-state index in [1.165, 1.54) is 19.4 Å². The molecule has 1 aliphatic carbocycles. The maximum absolute atomic E-state index is 15.0. The van der Waals surface area contributed by atoms with Crippen molar-refractivity contribution in [2.75, 3.05) is 31.6 Å². The Morgan fingerprint density at radius 1 is 1.15 bits per heavy atom. The normalized spacial score (nSPS) is 21.5. The van der Waals surface area contributed by atoms with E-state index in [0.717, 1.165) is 17.4 Å². The zero-order valence-electron chi connectivity index (χ0n) is 21.1. The fourth-order valence-corrected chi connectivity index (χ4v) is 6.06. The lowest BCUT2D eigenvalue weighted by Crippen LogP contribution is -2.50. The monoisotopic (exact) mass is 543 g/mol. The molecule has 2 aliphatic heterocycles. The second-order valence-corrected chi connectivity index (χ2v) is 10.3. The third kappa shape index (κ3) is 4.31. The van der Waals surface area contributed by atoms with Crippen LogP contribution in [-0.2, 0) is 24.1 Å². The Hall–Kier alpha value is -3.95. The first-order valence-electron chi connectivity index (χ1n) is 12.8. The number of carbonyl (C=O) groups is 1. The van der Waals surface area contributed by atoms with Crippen molar-refractivity contribution in [1.29, 1.82) is 5.26 Å². The number of benzene rings is 1. The Bertz CT molecular complexity index is 1490. The number of amides is 1. The number of piperidine rings is 1. The summed E-state index contributed by atoms with van der Waals surface area (Å²) in [5.74, 6) is -1.52. The SMILES string of the molecule is COc1ccc2c(N3CC[C@@H](C(=O)N4CCn5c(nnc5C(F)(F)F)C4)[C@@H](C4CC4)C3)c(C#N)cnc2c1F. The van der Waals surface area contributed by atoms with E-state index in [1.807, 2.05) is 4.90 Å². The lowest BCUT2D eigenvalue weighted by atomic mass is 9.80. The molecule has 2 fully saturated rings. The van der Waals surface area contributed by atoms with Gasteiger partial charge in [0.2, 0.25) is 11.7 Å². The maximum atomic E-state index is 15.0. The van der Waals surface area contributed by atoms with Crippen LogP contribution in [0, 0.1) is 34.9 Å². The second-order valence-electron chi connectivity index (χ2n) is 10.3. The molecule has 2 atom stereocenters. The zero-order chi connectivity index (χ0) is 27.5. The third-order valence-corrected chi connectivity index (χ3v) is 8.09. The van der Waals surface area contributed by atoms with Crippen molar-refractivity contribution in [3.8, 4) is 11.8 Å². The predicted molar refractivity (Wildman–Crippen MR) is 130 cm³/mol. The molecule has 9 nitrogen and oxygen atoms in total. The number of hydrogen-bond donors (Lipinski definition) is 0. The van der Waals surface area contributed by atoms with Gasteiger partial charge in [-0.3, -0.25) is 9.78 Å². The maximum Gasteiger partial charge on any atom is 0.451 e. The van der Waals surface area contributed by atoms with E-state index in [-0.39, 0.29) is 54.5 Å². The van der Waals surface area contributed by atoms with Gasteiger partial charge in [-0.25, -0.2) is 4.39 Å². The summed E-state index contributed by atoms with van der Waals surface area (Å²) < 4.78 is 60.8. The smallest absolute Gasteiger partial charge is 0.451 e. The first-order valence-corrected chi connectivity index (χ1v) is 12.8. The molecule has 1 amide bonds. The molecule has 204 valence electrons. The zero-order valence-corrected chi connectivity index (χ0v) is 21.1. The van der Waals surface area contributed by atoms with Crippen molar-refractivity contribution >= 4 is 22.5 Å². The first-order chi connectivity index (χ1) is 18.7. The average Bonchev–Trinajstić information content (AvgIpc) is 3.69. The van der Waals surface area contributed by atoms with E-state index in [9.17, 15) is 23.2 Å². The van der Waals surface area contributed by atoms with E-state index in [1.54, 1.807) is 11.0 Å². The van der Waals surface area contributed by atoms with Gasteiger partial charge in [0, 0.05) is 43.7 Å². The van der Waals surface area contributed by atoms with E-state index in [2.05, 4.69) is 21.3 Å². The van der Waals surface area contributed by atoms with Gasteiger partial charge in [-0.05, 0) is 43.2 Å². The summed E-state index contributed by atoms with van der Waals surface area (Å²) >= 11 is 0. The number of halogens is 4. The van der Waals surface area contributed by atoms with Crippen LogP contribution in [0.15, 0.2) is 18.3 Å². The van der Waals surface area contributed by atoms with E-state index >= 15 is 4.39 Å². The minimum absolute atomic E-state index is 0.00497. The van der Waals surface area contributed by atoms with Crippen molar-refractivity contribution in [2.24, 2.45) is 17.8 Å². The molecular formula is C26H25F4N7O2. The van der Waals surface area contributed by atoms with Crippen LogP contribution in [0.3, 0.4) is 0 Å². The lowest BCUT2D eigenvalue weighted by Gasteiger charge is -2.42. The van der Waals surface area contributed by atoms with Crippen LogP contribution in [-0.4, -0.2) is 57.3 Å². The number of alkyl halides is 3. The number of methoxy groups -OCH3 is 1. The molecule has 13 heteroatoms. The van der Waals surface area contributed by atoms with Gasteiger partial charge in [0.05, 0.1) is 24.9 Å². The highest BCUT2D eigenvalue weighted by molar-refractivity contribution is 5.95. The molecule has 0 bridgehead atoms. The highest BCUT2D eigenvalue weighted by Gasteiger charge is 2.46. The molecule has 1 aromatic carbocycles. The molecule has 0 unspecified atom stereocenters. The van der Waals surface area contributed by atoms with Crippen LogP contribution >= 0.6 is 0 Å². The molecule has 0 radical (unpaired) electrons. The fourth-order valence-electron chi connectivity index (χ4n) is 6.06. The lowest BCUT2D eigenvalue weighted by molar-refractivity contribution is -0.148. The summed E-state index contributed by atoms with van der Waals surface area (Å²) in [6.07, 6.45) is -0.763. The van der Waals surface area contributed by atoms with Crippen molar-refractivity contribution < 1.29 is 27.1 Å². The first kappa shape index (κ1) is 25.3. The predicted octanol–water partition coefficient (Wildman–Crippen LogP) is 3.76. The summed E-state index contributed by atoms with van der Waals surface area (Å²) in [5, 5.41) is 17.3. The van der Waals surface area contributed by atoms with Crippen LogP contribution in [0.4, 0.5) is 23.2 Å². The Balaban J connectivity index is 1.26. The Kier molecular flexibility index (Phi) is 6.08. The molecule has 0 N–H and O–H groups in total. The largest absolute Gasteiger partial charge is 0.494 e. The third-order valence-electron chi connectivity index (χ3n) is 8.09. The van der Waals surface area contributed by atoms with Crippen molar-refractivity contribution in [3.05, 3.63) is 41.4 Å². The number of anilines is 1. The van der Waals surface area contributed by atoms with E-state index < -0.39 is 17.8 Å². The summed E-state index contributed by atoms with van der Waals surface area (Å²) in [7, 11) is 1.37. The van der Waals surface area contributed by atoms with Gasteiger partial charge in [0.15, 0.2) is 17.4 Å². The van der Waals surface area contributed by atoms with Crippen molar-refractivity contribution in [2.45, 2.75) is 38.5 Å². The number of hydrogen-bond acceptors (Lipinski definition) is 7. The molecule has 4 heterocycles. The average molecular weight is 544 g/mol. The van der Waals surface area contributed by atoms with Crippen LogP contribution in [0.5, 0.6) is 5.75 Å². The number of nitriles is 1. The number of nitrogens with zero attached hydrogens (tertiary/aromatic N) is 7. The van der Waals surface area contributed by atoms with Gasteiger partial charge >= 0.3 is 6.18 Å². The molecule has 0 spiro atoms. The van der Waals surface area contributed by atoms with Crippen LogP contribution in [0.2, 0.25) is 0 Å². The molecule has 3 aliphatic rings. The van der Waals surface area contributed by atoms with E-state index in [4.69, 9.17) is 4.74 Å². The molecular weight excluding hydrogens is 518 g/mol. The fraction of sp³-hybridized carbons (Fsp3) is 0.500. The minimum Gasteiger partial charge on any atom is -0.494 e. The molecule has 2 aromatic heterocycles. The summed E-state index contributed by atoms with van der Waals surface area (Å²) in [6.45, 7) is 1.08. The number of fused-ring (bicyclic) bond motifs is 2. The molecule has 1 saturated carbocycles. The highest BCUT2D eigenvalue weighted by Crippen LogP contribution is 2.46. The standard InChI is InChI=1S/C26H25F4N7O2/c1-39-19-5-4-17-22(21(19)27)32-11-15(10-31)23(17)35-7-6-16(18(12-35)14-2-3-14)24(38)36-8-9-37-20(13-36)33-34-25(37)26(28,29)30/h4-5,11,14,16,18H,2-3,6-9,12-13H2,1H3/t16-,18-/m1/s1. The van der Waals surface area contributed by atoms with Crippen LogP contribution in [0.1, 0.15) is 36.5 Å². The van der Waals surface area contributed by atoms with Crippen LogP contribution < -0.4 is 9.64 Å². The minimum atomic E-state index is -4.60. The second kappa shape index (κ2) is 9.36. The number of aromatic nitrogens is 4. The van der Waals surface area contributed by atoms with Gasteiger partial charge in [0.25, 0.3) is 0 Å². The van der Waals surface area contributed by atoms with Gasteiger partial charge < -0.3 is 19.1 Å². The number of ether oxygens (including phenoxy) is 1. The van der Waals surface area contributed by atoms with Gasteiger partial charge in [-0.1, -0.05) is 0 Å². The van der Waals surface area contributed by atoms with Gasteiger partial charge in [-0.2, -0.15) is 18.4 Å². The summed E-state index contributed by atoms with van der Waals surface area (Å²) in [5.41, 5.74) is 1.02. The number of rotatable bonds is 4. The summed E-state index contributed by atoms with van der Waals surface area (Å²) in [6, 6.07) is 5.38. The van der Waals surface area contributed by atoms with E-state index in [0.29, 0.717) is 42.1 Å². The van der Waals surface area contributed by atoms with Crippen LogP contribution in [0.25, 0.3) is 10.9 Å². The number of carbonyl (C=O) groups excluding carboxylic acids is 1. The molecule has 1 saturated heterocycles. The van der Waals surface area contributed by atoms with Gasteiger partial charge in [-0.15, -0.1) is 10.2 Å². The Labute approximate surface area is 221 Å². The summed E-state index contributed by atoms with van der Waals surface area (Å²) in [4.78, 5) is 21.5. The molecule has 39 heavy (non-hydrogen) atoms. The Morgan fingerprint density at radius 3 is 2.64 bits per heavy atom. The highest BCUT2D eigenvalue weighted by atomic mass is 19.4.